The van der Waals surface area contributed by atoms with Gasteiger partial charge in [-0.15, -0.1) is 0 Å². The van der Waals surface area contributed by atoms with E-state index < -0.39 is 12.4 Å². The largest absolute Gasteiger partial charge is 0.494 e. The van der Waals surface area contributed by atoms with Crippen LogP contribution in [0, 0.1) is 5.82 Å². The second kappa shape index (κ2) is 9.02. The number of nitrogen functional groups attached to an aromatic ring is 1. The highest BCUT2D eigenvalue weighted by Gasteiger charge is 2.44. The number of hydrogen-bond donors (Lipinski definition) is 2. The SMILES string of the molecule is COc1cc(F)cc2cc(-c3cnn4c(N)c(C(C)=O)c(C5CC6CC[C@H](C5)N6C(=O)CO)nc34)cnc12. The summed E-state index contributed by atoms with van der Waals surface area (Å²) in [5, 5.41) is 14.4. The second-order valence-electron chi connectivity index (χ2n) is 10.0. The number of halogens is 1. The fourth-order valence-electron chi connectivity index (χ4n) is 6.27. The smallest absolute Gasteiger partial charge is 0.248 e. The van der Waals surface area contributed by atoms with E-state index in [0.717, 1.165) is 12.8 Å². The Morgan fingerprint density at radius 1 is 1.18 bits per heavy atom. The molecule has 11 heteroatoms. The van der Waals surface area contributed by atoms with Crippen LogP contribution in [0.5, 0.6) is 5.75 Å². The molecule has 4 aromatic rings. The van der Waals surface area contributed by atoms with Crippen molar-refractivity contribution in [1.82, 2.24) is 24.5 Å². The van der Waals surface area contributed by atoms with Crippen LogP contribution in [0.1, 0.15) is 54.6 Å². The molecule has 0 saturated carbocycles. The molecule has 2 aliphatic rings. The Kier molecular flexibility index (Phi) is 5.75. The summed E-state index contributed by atoms with van der Waals surface area (Å²) in [7, 11) is 1.46. The van der Waals surface area contributed by atoms with Gasteiger partial charge in [-0.25, -0.2) is 9.37 Å². The van der Waals surface area contributed by atoms with Gasteiger partial charge in [0.05, 0.1) is 24.6 Å². The molecule has 2 saturated heterocycles. The van der Waals surface area contributed by atoms with Gasteiger partial charge >= 0.3 is 0 Å². The fourth-order valence-corrected chi connectivity index (χ4v) is 6.27. The Hall–Kier alpha value is -4.12. The number of carbonyl (C=O) groups is 2. The molecular weight excluding hydrogens is 491 g/mol. The standard InChI is InChI=1S/C27H27FN6O4/c1-13(36)23-25(15-7-18-3-4-19(8-15)33(18)22(37)12-35)32-27-20(11-31-34(27)26(23)29)16-5-14-6-17(28)9-21(38-2)24(14)30-10-16/h5-6,9-11,15,18-19,35H,3-4,7-8,12,29H2,1-2H3/t15?,18-,19?/m1/s1. The lowest BCUT2D eigenvalue weighted by Crippen LogP contribution is -2.47. The van der Waals surface area contributed by atoms with Crippen molar-refractivity contribution < 1.29 is 23.8 Å². The maximum Gasteiger partial charge on any atom is 0.248 e. The van der Waals surface area contributed by atoms with E-state index in [-0.39, 0.29) is 35.5 Å². The van der Waals surface area contributed by atoms with Gasteiger partial charge in [-0.1, -0.05) is 0 Å². The Balaban J connectivity index is 1.48. The number of hydrogen-bond acceptors (Lipinski definition) is 8. The molecule has 1 aromatic carbocycles. The normalized spacial score (nSPS) is 20.8. The third-order valence-corrected chi connectivity index (χ3v) is 7.85. The molecule has 3 aromatic heterocycles. The number of amides is 1. The van der Waals surface area contributed by atoms with E-state index >= 15 is 0 Å². The van der Waals surface area contributed by atoms with Gasteiger partial charge in [0.15, 0.2) is 11.4 Å². The number of nitrogens with zero attached hydrogens (tertiary/aromatic N) is 5. The fraction of sp³-hybridized carbons (Fsp3) is 0.370. The predicted octanol–water partition coefficient (Wildman–Crippen LogP) is 3.11. The lowest BCUT2D eigenvalue weighted by atomic mass is 9.85. The zero-order valence-electron chi connectivity index (χ0n) is 21.0. The number of rotatable bonds is 5. The number of aliphatic hydroxyl groups excluding tert-OH is 1. The Bertz CT molecular complexity index is 1600. The maximum absolute atomic E-state index is 14.2. The highest BCUT2D eigenvalue weighted by atomic mass is 19.1. The molecule has 1 amide bonds. The van der Waals surface area contributed by atoms with Crippen LogP contribution in [0.3, 0.4) is 0 Å². The van der Waals surface area contributed by atoms with Gasteiger partial charge in [0.1, 0.15) is 29.5 Å². The number of fused-ring (bicyclic) bond motifs is 4. The van der Waals surface area contributed by atoms with Crippen molar-refractivity contribution in [1.29, 1.82) is 0 Å². The number of ether oxygens (including phenoxy) is 1. The first-order valence-corrected chi connectivity index (χ1v) is 12.5. The molecule has 3 N–H and O–H groups in total. The van der Waals surface area contributed by atoms with Crippen LogP contribution < -0.4 is 10.5 Å². The molecule has 10 nitrogen and oxygen atoms in total. The quantitative estimate of drug-likeness (QED) is 0.385. The molecule has 0 aliphatic carbocycles. The van der Waals surface area contributed by atoms with Gasteiger partial charge in [-0.2, -0.15) is 9.61 Å². The van der Waals surface area contributed by atoms with Gasteiger partial charge in [-0.3, -0.25) is 14.6 Å². The average molecular weight is 519 g/mol. The summed E-state index contributed by atoms with van der Waals surface area (Å²) in [5.74, 6) is -0.461. The summed E-state index contributed by atoms with van der Waals surface area (Å²) in [6.07, 6.45) is 6.21. The van der Waals surface area contributed by atoms with Crippen LogP contribution in [0.25, 0.3) is 27.7 Å². The van der Waals surface area contributed by atoms with E-state index in [0.29, 0.717) is 57.5 Å². The van der Waals surface area contributed by atoms with Crippen LogP contribution >= 0.6 is 0 Å². The number of anilines is 1. The van der Waals surface area contributed by atoms with Crippen molar-refractivity contribution in [3.8, 4) is 16.9 Å². The highest BCUT2D eigenvalue weighted by molar-refractivity contribution is 6.00. The van der Waals surface area contributed by atoms with E-state index in [9.17, 15) is 19.1 Å². The van der Waals surface area contributed by atoms with E-state index in [1.165, 1.54) is 30.7 Å². The minimum Gasteiger partial charge on any atom is -0.494 e. The Morgan fingerprint density at radius 3 is 2.58 bits per heavy atom. The van der Waals surface area contributed by atoms with E-state index in [4.69, 9.17) is 15.5 Å². The molecule has 38 heavy (non-hydrogen) atoms. The van der Waals surface area contributed by atoms with Crippen molar-refractivity contribution >= 4 is 34.1 Å². The van der Waals surface area contributed by atoms with Crippen molar-refractivity contribution in [3.63, 3.8) is 0 Å². The number of pyridine rings is 1. The average Bonchev–Trinajstić information content (AvgIpc) is 3.45. The van der Waals surface area contributed by atoms with Crippen LogP contribution in [0.4, 0.5) is 10.2 Å². The summed E-state index contributed by atoms with van der Waals surface area (Å²) in [6.45, 7) is 0.948. The monoisotopic (exact) mass is 518 g/mol. The number of aromatic nitrogens is 4. The molecule has 2 bridgehead atoms. The molecule has 2 aliphatic heterocycles. The van der Waals surface area contributed by atoms with Crippen LogP contribution in [0.15, 0.2) is 30.6 Å². The first-order valence-electron chi connectivity index (χ1n) is 12.5. The topological polar surface area (TPSA) is 136 Å². The molecule has 6 rings (SSSR count). The molecule has 3 atom stereocenters. The number of Topliss-reactive ketones (excluding diaryl/α,β-unsaturated/α-hetero) is 1. The lowest BCUT2D eigenvalue weighted by molar-refractivity contribution is -0.138. The van der Waals surface area contributed by atoms with Crippen molar-refractivity contribution in [2.75, 3.05) is 19.5 Å². The van der Waals surface area contributed by atoms with Crippen LogP contribution in [-0.2, 0) is 4.79 Å². The number of piperidine rings is 1. The summed E-state index contributed by atoms with van der Waals surface area (Å²) in [6, 6.07) is 4.43. The van der Waals surface area contributed by atoms with E-state index in [2.05, 4.69) is 10.1 Å². The summed E-state index contributed by atoms with van der Waals surface area (Å²) >= 11 is 0. The minimum atomic E-state index is -0.512. The molecule has 2 unspecified atom stereocenters. The van der Waals surface area contributed by atoms with Crippen molar-refractivity contribution in [3.05, 3.63) is 47.7 Å². The first-order chi connectivity index (χ1) is 18.3. The predicted molar refractivity (Wildman–Crippen MR) is 137 cm³/mol. The van der Waals surface area contributed by atoms with Crippen LogP contribution in [0.2, 0.25) is 0 Å². The zero-order valence-corrected chi connectivity index (χ0v) is 21.0. The van der Waals surface area contributed by atoms with Gasteiger partial charge in [0, 0.05) is 46.8 Å². The van der Waals surface area contributed by atoms with Crippen molar-refractivity contribution in [2.24, 2.45) is 0 Å². The number of benzene rings is 1. The van der Waals surface area contributed by atoms with Gasteiger partial charge in [0.25, 0.3) is 0 Å². The number of aliphatic hydroxyl groups is 1. The summed E-state index contributed by atoms with van der Waals surface area (Å²) in [4.78, 5) is 36.4. The minimum absolute atomic E-state index is 0.0172. The number of methoxy groups -OCH3 is 1. The lowest BCUT2D eigenvalue weighted by Gasteiger charge is -2.39. The third kappa shape index (κ3) is 3.68. The number of carbonyl (C=O) groups excluding carboxylic acids is 2. The van der Waals surface area contributed by atoms with Crippen molar-refractivity contribution in [2.45, 2.75) is 50.6 Å². The maximum atomic E-state index is 14.2. The van der Waals surface area contributed by atoms with E-state index in [1.807, 2.05) is 0 Å². The Morgan fingerprint density at radius 2 is 1.92 bits per heavy atom. The molecule has 0 radical (unpaired) electrons. The first kappa shape index (κ1) is 24.2. The molecular formula is C27H27FN6O4. The summed E-state index contributed by atoms with van der Waals surface area (Å²) in [5.41, 5.74) is 9.74. The summed E-state index contributed by atoms with van der Waals surface area (Å²) < 4.78 is 20.9. The molecule has 2 fully saturated rings. The van der Waals surface area contributed by atoms with E-state index in [1.54, 1.807) is 23.4 Å². The molecule has 196 valence electrons. The third-order valence-electron chi connectivity index (χ3n) is 7.85. The number of ketones is 1. The van der Waals surface area contributed by atoms with Gasteiger partial charge in [0.2, 0.25) is 5.91 Å². The molecule has 0 spiro atoms. The van der Waals surface area contributed by atoms with Crippen LogP contribution in [-0.4, -0.2) is 67.1 Å². The highest BCUT2D eigenvalue weighted by Crippen LogP contribution is 2.44. The second-order valence-corrected chi connectivity index (χ2v) is 10.0. The number of nitrogens with two attached hydrogens (primary N) is 1. The van der Waals surface area contributed by atoms with Gasteiger partial charge in [-0.05, 0) is 44.7 Å². The molecule has 5 heterocycles. The Labute approximate surface area is 217 Å². The van der Waals surface area contributed by atoms with Gasteiger partial charge < -0.3 is 20.5 Å². The zero-order chi connectivity index (χ0) is 26.7.